The van der Waals surface area contributed by atoms with Crippen LogP contribution in [0.5, 0.6) is 11.6 Å². The normalized spacial score (nSPS) is 11.4. The van der Waals surface area contributed by atoms with E-state index >= 15 is 0 Å². The Balaban J connectivity index is 2.43. The van der Waals surface area contributed by atoms with Crippen molar-refractivity contribution in [3.8, 4) is 11.6 Å². The fourth-order valence-corrected chi connectivity index (χ4v) is 1.97. The van der Waals surface area contributed by atoms with Crippen molar-refractivity contribution in [3.63, 3.8) is 0 Å². The van der Waals surface area contributed by atoms with Crippen molar-refractivity contribution in [2.45, 2.75) is 33.1 Å². The number of hydrogen-bond donors (Lipinski definition) is 1. The van der Waals surface area contributed by atoms with Crippen LogP contribution in [0.25, 0.3) is 0 Å². The monoisotopic (exact) mass is 335 g/mol. The number of aromatic nitrogens is 2. The Morgan fingerprint density at radius 1 is 1.20 bits per heavy atom. The van der Waals surface area contributed by atoms with E-state index in [1.54, 1.807) is 0 Å². The molecule has 1 aromatic carbocycles. The number of ether oxygens (including phenoxy) is 1. The number of rotatable bonds is 2. The maximum atomic E-state index is 5.96. The number of nitrogens with two attached hydrogens (primary N) is 1. The molecule has 0 aliphatic heterocycles. The molecule has 0 unspecified atom stereocenters. The topological polar surface area (TPSA) is 61.0 Å². The molecule has 106 valence electrons. The summed E-state index contributed by atoms with van der Waals surface area (Å²) in [4.78, 5) is 8.84. The van der Waals surface area contributed by atoms with E-state index in [0.717, 1.165) is 10.0 Å². The lowest BCUT2D eigenvalue weighted by molar-refractivity contribution is 0.442. The van der Waals surface area contributed by atoms with E-state index in [9.17, 15) is 0 Å². The van der Waals surface area contributed by atoms with Gasteiger partial charge in [0.25, 0.3) is 0 Å². The number of halogens is 1. The molecule has 5 heteroatoms. The molecule has 0 atom stereocenters. The second-order valence-corrected chi connectivity index (χ2v) is 6.59. The standard InChI is InChI=1S/C15H18BrN3O/c1-9-12(17)18-14(15(2,3)4)19-13(9)20-11-7-5-6-10(16)8-11/h5-8H,1-4H3,(H2,17,18,19). The molecule has 0 bridgehead atoms. The highest BCUT2D eigenvalue weighted by molar-refractivity contribution is 9.10. The second kappa shape index (κ2) is 5.40. The lowest BCUT2D eigenvalue weighted by atomic mass is 9.95. The Kier molecular flexibility index (Phi) is 3.99. The number of nitrogen functional groups attached to an aromatic ring is 1. The van der Waals surface area contributed by atoms with E-state index in [0.29, 0.717) is 23.3 Å². The molecule has 4 nitrogen and oxygen atoms in total. The molecule has 1 aromatic heterocycles. The summed E-state index contributed by atoms with van der Waals surface area (Å²) in [6, 6.07) is 7.60. The highest BCUT2D eigenvalue weighted by Crippen LogP contribution is 2.30. The van der Waals surface area contributed by atoms with Gasteiger partial charge in [-0.1, -0.05) is 42.8 Å². The van der Waals surface area contributed by atoms with Crippen LogP contribution in [0.15, 0.2) is 28.7 Å². The summed E-state index contributed by atoms with van der Waals surface area (Å²) in [6.07, 6.45) is 0. The van der Waals surface area contributed by atoms with Crippen molar-refractivity contribution in [1.82, 2.24) is 9.97 Å². The Morgan fingerprint density at radius 2 is 1.90 bits per heavy atom. The minimum Gasteiger partial charge on any atom is -0.439 e. The van der Waals surface area contributed by atoms with Crippen LogP contribution in [-0.2, 0) is 5.41 Å². The molecular formula is C15H18BrN3O. The highest BCUT2D eigenvalue weighted by atomic mass is 79.9. The molecule has 0 saturated carbocycles. The average molecular weight is 336 g/mol. The third kappa shape index (κ3) is 3.28. The quantitative estimate of drug-likeness (QED) is 0.892. The zero-order chi connectivity index (χ0) is 14.9. The zero-order valence-corrected chi connectivity index (χ0v) is 13.7. The van der Waals surface area contributed by atoms with Gasteiger partial charge in [-0.15, -0.1) is 0 Å². The Hall–Kier alpha value is -1.62. The van der Waals surface area contributed by atoms with E-state index in [4.69, 9.17) is 10.5 Å². The molecule has 0 fully saturated rings. The van der Waals surface area contributed by atoms with Gasteiger partial charge in [0.1, 0.15) is 17.4 Å². The van der Waals surface area contributed by atoms with Gasteiger partial charge in [-0.05, 0) is 25.1 Å². The smallest absolute Gasteiger partial charge is 0.227 e. The van der Waals surface area contributed by atoms with Gasteiger partial charge in [0, 0.05) is 9.89 Å². The first-order valence-corrected chi connectivity index (χ1v) is 7.14. The van der Waals surface area contributed by atoms with E-state index in [-0.39, 0.29) is 5.41 Å². The molecule has 2 rings (SSSR count). The van der Waals surface area contributed by atoms with Crippen molar-refractivity contribution in [2.75, 3.05) is 5.73 Å². The molecule has 0 radical (unpaired) electrons. The van der Waals surface area contributed by atoms with Crippen molar-refractivity contribution in [3.05, 3.63) is 40.1 Å². The van der Waals surface area contributed by atoms with Crippen LogP contribution in [0.4, 0.5) is 5.82 Å². The minimum absolute atomic E-state index is 0.183. The Bertz CT molecular complexity index is 636. The molecule has 0 aliphatic carbocycles. The van der Waals surface area contributed by atoms with Crippen LogP contribution in [0.3, 0.4) is 0 Å². The molecule has 2 aromatic rings. The van der Waals surface area contributed by atoms with Crippen molar-refractivity contribution < 1.29 is 4.74 Å². The number of nitrogens with zero attached hydrogens (tertiary/aromatic N) is 2. The zero-order valence-electron chi connectivity index (χ0n) is 12.1. The number of benzene rings is 1. The molecule has 0 spiro atoms. The van der Waals surface area contributed by atoms with Gasteiger partial charge >= 0.3 is 0 Å². The second-order valence-electron chi connectivity index (χ2n) is 5.67. The molecule has 0 saturated heterocycles. The highest BCUT2D eigenvalue weighted by Gasteiger charge is 2.21. The Labute approximate surface area is 127 Å². The number of hydrogen-bond acceptors (Lipinski definition) is 4. The molecule has 0 aliphatic rings. The summed E-state index contributed by atoms with van der Waals surface area (Å²) in [6.45, 7) is 7.98. The summed E-state index contributed by atoms with van der Waals surface area (Å²) in [5.74, 6) is 2.33. The molecule has 2 N–H and O–H groups in total. The van der Waals surface area contributed by atoms with Gasteiger partial charge in [-0.25, -0.2) is 4.98 Å². The maximum Gasteiger partial charge on any atom is 0.227 e. The largest absolute Gasteiger partial charge is 0.439 e. The summed E-state index contributed by atoms with van der Waals surface area (Å²) >= 11 is 3.42. The third-order valence-electron chi connectivity index (χ3n) is 2.82. The maximum absolute atomic E-state index is 5.96. The van der Waals surface area contributed by atoms with E-state index < -0.39 is 0 Å². The van der Waals surface area contributed by atoms with Crippen LogP contribution < -0.4 is 10.5 Å². The van der Waals surface area contributed by atoms with Crippen LogP contribution in [0.1, 0.15) is 32.2 Å². The van der Waals surface area contributed by atoms with Crippen LogP contribution >= 0.6 is 15.9 Å². The summed E-state index contributed by atoms with van der Waals surface area (Å²) in [5, 5.41) is 0. The molecule has 1 heterocycles. The van der Waals surface area contributed by atoms with E-state index in [1.165, 1.54) is 0 Å². The summed E-state index contributed by atoms with van der Waals surface area (Å²) in [5.41, 5.74) is 6.53. The lowest BCUT2D eigenvalue weighted by Crippen LogP contribution is -2.18. The summed E-state index contributed by atoms with van der Waals surface area (Å²) < 4.78 is 6.80. The van der Waals surface area contributed by atoms with Gasteiger partial charge in [0.2, 0.25) is 5.88 Å². The van der Waals surface area contributed by atoms with E-state index in [2.05, 4.69) is 25.9 Å². The van der Waals surface area contributed by atoms with Crippen molar-refractivity contribution >= 4 is 21.7 Å². The number of anilines is 1. The summed E-state index contributed by atoms with van der Waals surface area (Å²) in [7, 11) is 0. The van der Waals surface area contributed by atoms with Crippen LogP contribution in [-0.4, -0.2) is 9.97 Å². The first-order valence-electron chi connectivity index (χ1n) is 6.35. The molecule has 20 heavy (non-hydrogen) atoms. The third-order valence-corrected chi connectivity index (χ3v) is 3.31. The average Bonchev–Trinajstić information content (AvgIpc) is 2.33. The Morgan fingerprint density at radius 3 is 2.50 bits per heavy atom. The van der Waals surface area contributed by atoms with Gasteiger partial charge < -0.3 is 10.5 Å². The molecule has 0 amide bonds. The van der Waals surface area contributed by atoms with E-state index in [1.807, 2.05) is 52.0 Å². The van der Waals surface area contributed by atoms with Crippen LogP contribution in [0.2, 0.25) is 0 Å². The van der Waals surface area contributed by atoms with Gasteiger partial charge in [-0.2, -0.15) is 4.98 Å². The SMILES string of the molecule is Cc1c(N)nc(C(C)(C)C)nc1Oc1cccc(Br)c1. The van der Waals surface area contributed by atoms with Crippen molar-refractivity contribution in [1.29, 1.82) is 0 Å². The van der Waals surface area contributed by atoms with Gasteiger partial charge in [-0.3, -0.25) is 0 Å². The van der Waals surface area contributed by atoms with Crippen LogP contribution in [0, 0.1) is 6.92 Å². The first-order chi connectivity index (χ1) is 9.27. The first kappa shape index (κ1) is 14.8. The van der Waals surface area contributed by atoms with Gasteiger partial charge in [0.05, 0.1) is 5.56 Å². The fourth-order valence-electron chi connectivity index (χ4n) is 1.59. The minimum atomic E-state index is -0.183. The van der Waals surface area contributed by atoms with Crippen molar-refractivity contribution in [2.24, 2.45) is 0 Å². The predicted octanol–water partition coefficient (Wildman–Crippen LogP) is 4.22. The lowest BCUT2D eigenvalue weighted by Gasteiger charge is -2.19. The fraction of sp³-hybridized carbons (Fsp3) is 0.333. The molecular weight excluding hydrogens is 318 g/mol. The van der Waals surface area contributed by atoms with Gasteiger partial charge in [0.15, 0.2) is 0 Å². The predicted molar refractivity (Wildman–Crippen MR) is 84.1 cm³/mol.